The van der Waals surface area contributed by atoms with E-state index in [1.54, 1.807) is 47.5 Å². The second kappa shape index (κ2) is 5.18. The fraction of sp³-hybridized carbons (Fsp3) is 0. The molecule has 1 amide bonds. The summed E-state index contributed by atoms with van der Waals surface area (Å²) < 4.78 is 2.94. The molecule has 0 aliphatic carbocycles. The molecule has 2 aromatic heterocycles. The summed E-state index contributed by atoms with van der Waals surface area (Å²) in [5.74, 6) is 0. The summed E-state index contributed by atoms with van der Waals surface area (Å²) in [5.41, 5.74) is 1.19. The largest absolute Gasteiger partial charge is 0.331 e. The minimum Gasteiger partial charge on any atom is -0.305 e. The lowest BCUT2D eigenvalue weighted by molar-refractivity contribution is 0.253. The number of amides is 1. The lowest BCUT2D eigenvalue weighted by atomic mass is 10.2. The Bertz CT molecular complexity index is 721. The van der Waals surface area contributed by atoms with Crippen molar-refractivity contribution in [2.24, 2.45) is 0 Å². The summed E-state index contributed by atoms with van der Waals surface area (Å²) in [7, 11) is 0. The van der Waals surface area contributed by atoms with Crippen molar-refractivity contribution in [3.05, 3.63) is 60.4 Å². The number of imidazole rings is 1. The topological polar surface area (TPSA) is 64.7 Å². The number of nitrogens with one attached hydrogen (secondary N) is 1. The molecule has 20 heavy (non-hydrogen) atoms. The van der Waals surface area contributed by atoms with Crippen LogP contribution in [0.1, 0.15) is 0 Å². The fourth-order valence-electron chi connectivity index (χ4n) is 1.81. The predicted octanol–water partition coefficient (Wildman–Crippen LogP) is 2.80. The Balaban J connectivity index is 1.98. The maximum absolute atomic E-state index is 12.0. The van der Waals surface area contributed by atoms with E-state index in [0.29, 0.717) is 16.4 Å². The SMILES string of the molecule is O=C(Nc1cccc(Cl)c1-n1cccn1)n1ccnc1. The van der Waals surface area contributed by atoms with E-state index in [0.717, 1.165) is 0 Å². The molecule has 0 aliphatic heterocycles. The average Bonchev–Trinajstić information content (AvgIpc) is 3.12. The molecule has 100 valence electrons. The van der Waals surface area contributed by atoms with Gasteiger partial charge < -0.3 is 5.32 Å². The van der Waals surface area contributed by atoms with E-state index >= 15 is 0 Å². The third kappa shape index (κ3) is 2.28. The van der Waals surface area contributed by atoms with Gasteiger partial charge in [0.05, 0.1) is 10.7 Å². The molecule has 0 aliphatic rings. The van der Waals surface area contributed by atoms with Crippen LogP contribution in [0.3, 0.4) is 0 Å². The number of nitrogens with zero attached hydrogens (tertiary/aromatic N) is 4. The molecular formula is C13H10ClN5O. The van der Waals surface area contributed by atoms with Crippen molar-refractivity contribution in [1.82, 2.24) is 19.3 Å². The van der Waals surface area contributed by atoms with Gasteiger partial charge in [0.1, 0.15) is 12.0 Å². The van der Waals surface area contributed by atoms with Gasteiger partial charge in [0.15, 0.2) is 0 Å². The number of carbonyl (C=O) groups is 1. The highest BCUT2D eigenvalue weighted by atomic mass is 35.5. The van der Waals surface area contributed by atoms with Crippen LogP contribution in [0.2, 0.25) is 5.02 Å². The molecule has 0 unspecified atom stereocenters. The minimum atomic E-state index is -0.321. The van der Waals surface area contributed by atoms with E-state index in [9.17, 15) is 4.79 Å². The molecule has 0 atom stereocenters. The summed E-state index contributed by atoms with van der Waals surface area (Å²) >= 11 is 6.20. The standard InChI is InChI=1S/C13H10ClN5O/c14-10-3-1-4-11(12(10)19-7-2-5-16-19)17-13(20)18-8-6-15-9-18/h1-9H,(H,17,20). The van der Waals surface area contributed by atoms with Crippen molar-refractivity contribution in [3.8, 4) is 5.69 Å². The Morgan fingerprint density at radius 1 is 1.20 bits per heavy atom. The van der Waals surface area contributed by atoms with Crippen LogP contribution in [0.25, 0.3) is 5.69 Å². The number of halogens is 1. The first-order valence-electron chi connectivity index (χ1n) is 5.83. The van der Waals surface area contributed by atoms with Gasteiger partial charge in [-0.3, -0.25) is 4.57 Å². The first-order chi connectivity index (χ1) is 9.75. The zero-order valence-corrected chi connectivity index (χ0v) is 11.0. The number of hydrogen-bond donors (Lipinski definition) is 1. The van der Waals surface area contributed by atoms with Crippen LogP contribution in [-0.2, 0) is 0 Å². The van der Waals surface area contributed by atoms with Gasteiger partial charge in [-0.05, 0) is 18.2 Å². The molecule has 0 bridgehead atoms. The Morgan fingerprint density at radius 2 is 2.10 bits per heavy atom. The number of hydrogen-bond acceptors (Lipinski definition) is 3. The van der Waals surface area contributed by atoms with Gasteiger partial charge in [-0.1, -0.05) is 17.7 Å². The van der Waals surface area contributed by atoms with Crippen molar-refractivity contribution in [1.29, 1.82) is 0 Å². The first kappa shape index (κ1) is 12.4. The number of para-hydroxylation sites is 1. The van der Waals surface area contributed by atoms with Gasteiger partial charge in [-0.2, -0.15) is 5.10 Å². The molecule has 7 heteroatoms. The summed E-state index contributed by atoms with van der Waals surface area (Å²) in [5, 5.41) is 7.42. The number of aromatic nitrogens is 4. The summed E-state index contributed by atoms with van der Waals surface area (Å²) in [4.78, 5) is 15.9. The third-order valence-corrected chi connectivity index (χ3v) is 3.01. The summed E-state index contributed by atoms with van der Waals surface area (Å²) in [6, 6.07) is 6.73. The molecule has 1 aromatic carbocycles. The van der Waals surface area contributed by atoms with Gasteiger partial charge in [-0.25, -0.2) is 14.5 Å². The predicted molar refractivity (Wildman–Crippen MR) is 75.2 cm³/mol. The van der Waals surface area contributed by atoms with Crippen LogP contribution in [0.5, 0.6) is 0 Å². The smallest absolute Gasteiger partial charge is 0.305 e. The Kier molecular flexibility index (Phi) is 3.22. The van der Waals surface area contributed by atoms with Gasteiger partial charge in [0, 0.05) is 24.8 Å². The molecule has 0 radical (unpaired) electrons. The third-order valence-electron chi connectivity index (χ3n) is 2.70. The van der Waals surface area contributed by atoms with E-state index in [2.05, 4.69) is 15.4 Å². The van der Waals surface area contributed by atoms with E-state index in [1.165, 1.54) is 17.1 Å². The Labute approximate surface area is 119 Å². The van der Waals surface area contributed by atoms with Crippen molar-refractivity contribution >= 4 is 23.3 Å². The second-order valence-electron chi connectivity index (χ2n) is 3.99. The van der Waals surface area contributed by atoms with E-state index < -0.39 is 0 Å². The molecule has 3 aromatic rings. The van der Waals surface area contributed by atoms with Crippen LogP contribution >= 0.6 is 11.6 Å². The first-order valence-corrected chi connectivity index (χ1v) is 6.21. The minimum absolute atomic E-state index is 0.321. The zero-order chi connectivity index (χ0) is 13.9. The normalized spacial score (nSPS) is 10.4. The molecule has 0 fully saturated rings. The van der Waals surface area contributed by atoms with Crippen LogP contribution in [0, 0.1) is 0 Å². The Hall–Kier alpha value is -2.60. The molecule has 0 saturated heterocycles. The maximum Gasteiger partial charge on any atom is 0.331 e. The number of rotatable bonds is 2. The molecule has 2 heterocycles. The molecule has 6 nitrogen and oxygen atoms in total. The number of benzene rings is 1. The molecule has 1 N–H and O–H groups in total. The van der Waals surface area contributed by atoms with Crippen molar-refractivity contribution in [3.63, 3.8) is 0 Å². The van der Waals surface area contributed by atoms with Crippen molar-refractivity contribution < 1.29 is 4.79 Å². The lowest BCUT2D eigenvalue weighted by Gasteiger charge is -2.12. The summed E-state index contributed by atoms with van der Waals surface area (Å²) in [6.07, 6.45) is 7.92. The fourth-order valence-corrected chi connectivity index (χ4v) is 2.07. The summed E-state index contributed by atoms with van der Waals surface area (Å²) in [6.45, 7) is 0. The van der Waals surface area contributed by atoms with E-state index in [-0.39, 0.29) is 6.03 Å². The molecular weight excluding hydrogens is 278 g/mol. The second-order valence-corrected chi connectivity index (χ2v) is 4.39. The maximum atomic E-state index is 12.0. The lowest BCUT2D eigenvalue weighted by Crippen LogP contribution is -2.19. The Morgan fingerprint density at radius 3 is 2.80 bits per heavy atom. The monoisotopic (exact) mass is 287 g/mol. The highest BCUT2D eigenvalue weighted by Gasteiger charge is 2.12. The average molecular weight is 288 g/mol. The van der Waals surface area contributed by atoms with Crippen LogP contribution < -0.4 is 5.32 Å². The number of carbonyl (C=O) groups excluding carboxylic acids is 1. The highest BCUT2D eigenvalue weighted by Crippen LogP contribution is 2.28. The van der Waals surface area contributed by atoms with Gasteiger partial charge in [0.25, 0.3) is 0 Å². The van der Waals surface area contributed by atoms with Gasteiger partial charge in [0.2, 0.25) is 0 Å². The molecule has 0 saturated carbocycles. The quantitative estimate of drug-likeness (QED) is 0.788. The van der Waals surface area contributed by atoms with Crippen molar-refractivity contribution in [2.75, 3.05) is 5.32 Å². The van der Waals surface area contributed by atoms with Crippen LogP contribution in [0.15, 0.2) is 55.4 Å². The van der Waals surface area contributed by atoms with Crippen LogP contribution in [-0.4, -0.2) is 25.4 Å². The zero-order valence-electron chi connectivity index (χ0n) is 10.3. The van der Waals surface area contributed by atoms with E-state index in [1.807, 2.05) is 0 Å². The number of anilines is 1. The van der Waals surface area contributed by atoms with Crippen LogP contribution in [0.4, 0.5) is 10.5 Å². The molecule has 3 rings (SSSR count). The van der Waals surface area contributed by atoms with Gasteiger partial charge in [-0.15, -0.1) is 0 Å². The van der Waals surface area contributed by atoms with Crippen molar-refractivity contribution in [2.45, 2.75) is 0 Å². The van der Waals surface area contributed by atoms with E-state index in [4.69, 9.17) is 11.6 Å². The van der Waals surface area contributed by atoms with Gasteiger partial charge >= 0.3 is 6.03 Å². The highest BCUT2D eigenvalue weighted by molar-refractivity contribution is 6.33. The molecule has 0 spiro atoms.